The molecule has 1 amide bonds. The smallest absolute Gasteiger partial charge is 0.378 e. The molecule has 0 bridgehead atoms. The summed E-state index contributed by atoms with van der Waals surface area (Å²) < 4.78 is 58.9. The van der Waals surface area contributed by atoms with Gasteiger partial charge >= 0.3 is 6.18 Å². The Morgan fingerprint density at radius 2 is 1.89 bits per heavy atom. The Bertz CT molecular complexity index is 1160. The predicted octanol–water partition coefficient (Wildman–Crippen LogP) is 4.70. The lowest BCUT2D eigenvalue weighted by atomic mass is 9.81. The second-order valence-electron chi connectivity index (χ2n) is 8.83. The average molecular weight is 490 g/mol. The minimum absolute atomic E-state index is 0.0315. The van der Waals surface area contributed by atoms with Crippen LogP contribution in [0.1, 0.15) is 28.7 Å². The lowest BCUT2D eigenvalue weighted by Gasteiger charge is -2.43. The fourth-order valence-electron chi connectivity index (χ4n) is 4.65. The third kappa shape index (κ3) is 5.24. The molecular weight excluding hydrogens is 462 g/mol. The van der Waals surface area contributed by atoms with Crippen LogP contribution in [0.15, 0.2) is 59.4 Å². The molecule has 1 atom stereocenters. The summed E-state index contributed by atoms with van der Waals surface area (Å²) in [6, 6.07) is 9.91. The highest BCUT2D eigenvalue weighted by molar-refractivity contribution is 5.81. The first-order valence-corrected chi connectivity index (χ1v) is 11.4. The first-order valence-electron chi connectivity index (χ1n) is 11.4. The Morgan fingerprint density at radius 1 is 1.17 bits per heavy atom. The van der Waals surface area contributed by atoms with Crippen LogP contribution in [0.25, 0.3) is 0 Å². The number of carbonyl (C=O) groups excluding carboxylic acids is 1. The number of hydrogen-bond acceptors (Lipinski definition) is 4. The Balaban J connectivity index is 1.71. The van der Waals surface area contributed by atoms with Crippen molar-refractivity contribution in [3.8, 4) is 0 Å². The van der Waals surface area contributed by atoms with Gasteiger partial charge in [0.2, 0.25) is 5.91 Å². The predicted molar refractivity (Wildman–Crippen MR) is 124 cm³/mol. The van der Waals surface area contributed by atoms with Gasteiger partial charge in [0.15, 0.2) is 0 Å². The Morgan fingerprint density at radius 3 is 2.57 bits per heavy atom. The van der Waals surface area contributed by atoms with Crippen LogP contribution in [0.4, 0.5) is 17.6 Å². The molecule has 2 aromatic carbocycles. The van der Waals surface area contributed by atoms with Gasteiger partial charge in [-0.2, -0.15) is 13.2 Å². The summed E-state index contributed by atoms with van der Waals surface area (Å²) in [5.41, 5.74) is -0.196. The normalized spacial score (nSPS) is 20.5. The zero-order valence-electron chi connectivity index (χ0n) is 19.6. The summed E-state index contributed by atoms with van der Waals surface area (Å²) in [6.45, 7) is 4.41. The van der Waals surface area contributed by atoms with Crippen molar-refractivity contribution in [3.05, 3.63) is 82.4 Å². The molecule has 0 saturated carbocycles. The van der Waals surface area contributed by atoms with E-state index >= 15 is 0 Å². The summed E-state index contributed by atoms with van der Waals surface area (Å²) >= 11 is 0. The molecule has 35 heavy (non-hydrogen) atoms. The van der Waals surface area contributed by atoms with Crippen molar-refractivity contribution in [2.24, 2.45) is 4.99 Å². The van der Waals surface area contributed by atoms with Crippen molar-refractivity contribution < 1.29 is 27.1 Å². The van der Waals surface area contributed by atoms with Crippen LogP contribution in [0.2, 0.25) is 0 Å². The van der Waals surface area contributed by atoms with Crippen LogP contribution in [0, 0.1) is 12.7 Å². The van der Waals surface area contributed by atoms with E-state index in [4.69, 9.17) is 4.74 Å². The topological polar surface area (TPSA) is 45.1 Å². The lowest BCUT2D eigenvalue weighted by Crippen LogP contribution is -2.49. The fourth-order valence-corrected chi connectivity index (χ4v) is 4.65. The molecule has 1 fully saturated rings. The van der Waals surface area contributed by atoms with Crippen LogP contribution < -0.4 is 0 Å². The molecule has 1 saturated heterocycles. The second kappa shape index (κ2) is 9.81. The van der Waals surface area contributed by atoms with E-state index in [0.717, 1.165) is 23.3 Å². The second-order valence-corrected chi connectivity index (χ2v) is 8.83. The lowest BCUT2D eigenvalue weighted by molar-refractivity contribution is -0.138. The van der Waals surface area contributed by atoms with Crippen LogP contribution in [-0.2, 0) is 27.7 Å². The van der Waals surface area contributed by atoms with Crippen LogP contribution >= 0.6 is 0 Å². The molecule has 4 rings (SSSR count). The minimum Gasteiger partial charge on any atom is -0.378 e. The number of morpholine rings is 1. The monoisotopic (exact) mass is 489 g/mol. The van der Waals surface area contributed by atoms with E-state index in [0.29, 0.717) is 44.6 Å². The number of amides is 1. The molecule has 186 valence electrons. The number of nitrogens with zero attached hydrogens (tertiary/aromatic N) is 3. The molecule has 9 heteroatoms. The number of carbonyl (C=O) groups is 1. The van der Waals surface area contributed by atoms with E-state index in [-0.39, 0.29) is 12.0 Å². The molecule has 0 spiro atoms. The first kappa shape index (κ1) is 24.9. The average Bonchev–Trinajstić information content (AvgIpc) is 2.83. The highest BCUT2D eigenvalue weighted by Gasteiger charge is 2.40. The number of likely N-dealkylation sites (N-methyl/N-ethyl adjacent to an activating group) is 1. The van der Waals surface area contributed by atoms with Gasteiger partial charge in [-0.05, 0) is 47.9 Å². The quantitative estimate of drug-likeness (QED) is 0.573. The van der Waals surface area contributed by atoms with Gasteiger partial charge in [0, 0.05) is 32.8 Å². The molecule has 1 unspecified atom stereocenters. The molecule has 5 nitrogen and oxygen atoms in total. The summed E-state index contributed by atoms with van der Waals surface area (Å²) in [5, 5.41) is 0. The van der Waals surface area contributed by atoms with E-state index in [1.54, 1.807) is 18.2 Å². The minimum atomic E-state index is -4.70. The van der Waals surface area contributed by atoms with Crippen molar-refractivity contribution in [1.82, 2.24) is 9.80 Å². The molecule has 0 aromatic heterocycles. The van der Waals surface area contributed by atoms with E-state index in [1.165, 1.54) is 0 Å². The highest BCUT2D eigenvalue weighted by Crippen LogP contribution is 2.39. The SMILES string of the molecule is Cc1ccccc1C1(N(C)C(=O)Cc2cc(F)cc(C(F)(F)F)c2)C=C(N2CCOCC2)N=CC1. The standard InChI is InChI=1S/C26H27F4N3O2/c1-18-5-3-4-6-22(18)25(7-8-31-23(17-25)33-9-11-35-12-10-33)32(2)24(34)15-19-13-20(26(28,29)30)16-21(27)14-19/h3-6,8,13-14,16-17H,7,9-12,15H2,1-2H3. The maximum Gasteiger partial charge on any atom is 0.416 e. The molecule has 0 radical (unpaired) electrons. The van der Waals surface area contributed by atoms with Gasteiger partial charge in [-0.15, -0.1) is 0 Å². The Hall–Kier alpha value is -3.20. The Labute approximate surface area is 201 Å². The van der Waals surface area contributed by atoms with E-state index in [1.807, 2.05) is 37.3 Å². The fraction of sp³-hybridized carbons (Fsp3) is 0.385. The van der Waals surface area contributed by atoms with Gasteiger partial charge in [-0.1, -0.05) is 24.3 Å². The summed E-state index contributed by atoms with van der Waals surface area (Å²) in [4.78, 5) is 21.7. The number of benzene rings is 2. The zero-order chi connectivity index (χ0) is 25.2. The Kier molecular flexibility index (Phi) is 6.98. The maximum absolute atomic E-state index is 13.9. The van der Waals surface area contributed by atoms with Crippen LogP contribution in [-0.4, -0.2) is 55.3 Å². The van der Waals surface area contributed by atoms with Crippen molar-refractivity contribution in [3.63, 3.8) is 0 Å². The highest BCUT2D eigenvalue weighted by atomic mass is 19.4. The van der Waals surface area contributed by atoms with Gasteiger partial charge in [0.1, 0.15) is 11.6 Å². The van der Waals surface area contributed by atoms with Gasteiger partial charge in [-0.25, -0.2) is 9.38 Å². The third-order valence-corrected chi connectivity index (χ3v) is 6.55. The van der Waals surface area contributed by atoms with E-state index < -0.39 is 29.0 Å². The van der Waals surface area contributed by atoms with Gasteiger partial charge in [-0.3, -0.25) is 4.79 Å². The summed E-state index contributed by atoms with van der Waals surface area (Å²) in [5.74, 6) is -0.745. The molecule has 2 aliphatic heterocycles. The third-order valence-electron chi connectivity index (χ3n) is 6.55. The van der Waals surface area contributed by atoms with Crippen molar-refractivity contribution in [1.29, 1.82) is 0 Å². The maximum atomic E-state index is 13.9. The molecule has 0 aliphatic carbocycles. The van der Waals surface area contributed by atoms with Crippen molar-refractivity contribution in [2.45, 2.75) is 31.5 Å². The number of alkyl halides is 3. The van der Waals surface area contributed by atoms with Crippen molar-refractivity contribution in [2.75, 3.05) is 33.4 Å². The van der Waals surface area contributed by atoms with Gasteiger partial charge in [0.25, 0.3) is 0 Å². The number of hydrogen-bond donors (Lipinski definition) is 0. The zero-order valence-corrected chi connectivity index (χ0v) is 19.6. The molecular formula is C26H27F4N3O2. The number of halogens is 4. The van der Waals surface area contributed by atoms with Gasteiger partial charge < -0.3 is 14.5 Å². The summed E-state index contributed by atoms with van der Waals surface area (Å²) in [7, 11) is 1.63. The molecule has 2 aromatic rings. The van der Waals surface area contributed by atoms with E-state index in [2.05, 4.69) is 9.89 Å². The van der Waals surface area contributed by atoms with E-state index in [9.17, 15) is 22.4 Å². The summed E-state index contributed by atoms with van der Waals surface area (Å²) in [6.07, 6.45) is -0.965. The molecule has 2 heterocycles. The van der Waals surface area contributed by atoms with Crippen LogP contribution in [0.3, 0.4) is 0 Å². The largest absolute Gasteiger partial charge is 0.416 e. The number of aryl methyl sites for hydroxylation is 1. The number of rotatable bonds is 5. The number of ether oxygens (including phenoxy) is 1. The molecule has 0 N–H and O–H groups in total. The number of aliphatic imine (C=N–C) groups is 1. The molecule has 2 aliphatic rings. The van der Waals surface area contributed by atoms with Gasteiger partial charge in [0.05, 0.1) is 30.7 Å². The van der Waals surface area contributed by atoms with Crippen molar-refractivity contribution >= 4 is 12.1 Å². The first-order chi connectivity index (χ1) is 16.6. The van der Waals surface area contributed by atoms with Crippen LogP contribution in [0.5, 0.6) is 0 Å².